The summed E-state index contributed by atoms with van der Waals surface area (Å²) in [5, 5.41) is 2.87. The van der Waals surface area contributed by atoms with E-state index in [1.54, 1.807) is 54.2 Å². The van der Waals surface area contributed by atoms with Gasteiger partial charge >= 0.3 is 0 Å². The molecule has 0 saturated heterocycles. The van der Waals surface area contributed by atoms with E-state index in [2.05, 4.69) is 24.4 Å². The third-order valence-corrected chi connectivity index (χ3v) is 8.07. The largest absolute Gasteiger partial charge is 0.354 e. The first-order valence-corrected chi connectivity index (χ1v) is 13.4. The van der Waals surface area contributed by atoms with Crippen molar-refractivity contribution >= 4 is 33.4 Å². The Hall–Kier alpha value is -2.77. The van der Waals surface area contributed by atoms with Crippen molar-refractivity contribution in [2.24, 2.45) is 0 Å². The third kappa shape index (κ3) is 6.85. The number of thioether (sulfide) groups is 1. The summed E-state index contributed by atoms with van der Waals surface area (Å²) in [6.45, 7) is 6.08. The molecule has 0 aliphatic carbocycles. The third-order valence-electron chi connectivity index (χ3n) is 5.27. The van der Waals surface area contributed by atoms with Crippen LogP contribution in [0.2, 0.25) is 0 Å². The maximum absolute atomic E-state index is 13.4. The van der Waals surface area contributed by atoms with E-state index in [0.29, 0.717) is 12.2 Å². The van der Waals surface area contributed by atoms with E-state index < -0.39 is 10.0 Å². The molecule has 174 valence electrons. The van der Waals surface area contributed by atoms with Gasteiger partial charge in [0.1, 0.15) is 6.54 Å². The Morgan fingerprint density at radius 3 is 2.33 bits per heavy atom. The lowest BCUT2D eigenvalue weighted by Gasteiger charge is -2.24. The first-order valence-electron chi connectivity index (χ1n) is 10.8. The van der Waals surface area contributed by atoms with E-state index >= 15 is 0 Å². The second-order valence-corrected chi connectivity index (χ2v) is 11.0. The predicted octanol–water partition coefficient (Wildman–Crippen LogP) is 4.86. The maximum atomic E-state index is 13.4. The average Bonchev–Trinajstić information content (AvgIpc) is 2.78. The van der Waals surface area contributed by atoms with Crippen LogP contribution in [0.5, 0.6) is 0 Å². The molecule has 1 amide bonds. The molecule has 3 aromatic rings. The quantitative estimate of drug-likeness (QED) is 0.419. The van der Waals surface area contributed by atoms with E-state index in [4.69, 9.17) is 0 Å². The van der Waals surface area contributed by atoms with Crippen LogP contribution < -0.4 is 9.62 Å². The number of carbonyl (C=O) groups is 1. The highest BCUT2D eigenvalue weighted by Gasteiger charge is 2.27. The number of rotatable bonds is 10. The van der Waals surface area contributed by atoms with Crippen molar-refractivity contribution in [3.8, 4) is 0 Å². The van der Waals surface area contributed by atoms with Gasteiger partial charge in [-0.15, -0.1) is 0 Å². The minimum absolute atomic E-state index is 0.163. The monoisotopic (exact) mass is 482 g/mol. The topological polar surface area (TPSA) is 66.5 Å². The molecule has 0 heterocycles. The lowest BCUT2D eigenvalue weighted by Crippen LogP contribution is -2.41. The van der Waals surface area contributed by atoms with E-state index in [0.717, 1.165) is 22.6 Å². The van der Waals surface area contributed by atoms with Crippen LogP contribution in [0.3, 0.4) is 0 Å². The molecule has 0 aliphatic heterocycles. The lowest BCUT2D eigenvalue weighted by molar-refractivity contribution is -0.119. The maximum Gasteiger partial charge on any atom is 0.264 e. The Labute approximate surface area is 201 Å². The molecular formula is C26H30N2O3S2. The number of nitrogens with one attached hydrogen (secondary N) is 1. The number of hydrogen-bond acceptors (Lipinski definition) is 4. The highest BCUT2D eigenvalue weighted by molar-refractivity contribution is 7.98. The fraction of sp³-hybridized carbons (Fsp3) is 0.269. The molecule has 1 N–H and O–H groups in total. The Morgan fingerprint density at radius 1 is 0.909 bits per heavy atom. The van der Waals surface area contributed by atoms with E-state index in [1.165, 1.54) is 15.4 Å². The van der Waals surface area contributed by atoms with Gasteiger partial charge in [-0.05, 0) is 61.7 Å². The Balaban J connectivity index is 1.65. The Morgan fingerprint density at radius 2 is 1.64 bits per heavy atom. The molecule has 0 spiro atoms. The lowest BCUT2D eigenvalue weighted by atomic mass is 10.1. The zero-order valence-corrected chi connectivity index (χ0v) is 20.9. The molecule has 0 aromatic heterocycles. The van der Waals surface area contributed by atoms with Crippen LogP contribution in [-0.2, 0) is 20.6 Å². The summed E-state index contributed by atoms with van der Waals surface area (Å²) in [4.78, 5) is 12.9. The standard InChI is InChI=1S/C26H30N2O3S2/c1-20-11-13-25(14-12-20)33(30,31)28(24-10-6-7-21(2)17-24)18-26(29)27-15-16-32-19-23-9-5-4-8-22(23)3/h4-14,17H,15-16,18-19H2,1-3H3,(H,27,29). The van der Waals surface area contributed by atoms with E-state index in [9.17, 15) is 13.2 Å². The highest BCUT2D eigenvalue weighted by Crippen LogP contribution is 2.24. The zero-order chi connectivity index (χ0) is 23.8. The van der Waals surface area contributed by atoms with Gasteiger partial charge in [-0.25, -0.2) is 8.42 Å². The van der Waals surface area contributed by atoms with Gasteiger partial charge in [-0.1, -0.05) is 54.1 Å². The van der Waals surface area contributed by atoms with Gasteiger partial charge in [-0.3, -0.25) is 9.10 Å². The van der Waals surface area contributed by atoms with Gasteiger partial charge in [0.2, 0.25) is 5.91 Å². The summed E-state index contributed by atoms with van der Waals surface area (Å²) in [5.41, 5.74) is 4.90. The fourth-order valence-corrected chi connectivity index (χ4v) is 5.69. The molecule has 0 unspecified atom stereocenters. The molecule has 0 bridgehead atoms. The van der Waals surface area contributed by atoms with Crippen LogP contribution in [0.4, 0.5) is 5.69 Å². The van der Waals surface area contributed by atoms with Gasteiger partial charge in [-0.2, -0.15) is 11.8 Å². The molecule has 0 fully saturated rings. The first-order chi connectivity index (χ1) is 15.8. The van der Waals surface area contributed by atoms with Crippen LogP contribution >= 0.6 is 11.8 Å². The molecule has 0 aliphatic rings. The second kappa shape index (κ2) is 11.4. The highest BCUT2D eigenvalue weighted by atomic mass is 32.2. The molecule has 3 aromatic carbocycles. The predicted molar refractivity (Wildman–Crippen MR) is 137 cm³/mol. The molecule has 0 saturated carbocycles. The van der Waals surface area contributed by atoms with Crippen molar-refractivity contribution in [1.29, 1.82) is 0 Å². The van der Waals surface area contributed by atoms with Crippen molar-refractivity contribution in [3.05, 3.63) is 95.1 Å². The number of hydrogen-bond donors (Lipinski definition) is 1. The first kappa shape index (κ1) is 24.9. The summed E-state index contributed by atoms with van der Waals surface area (Å²) < 4.78 is 28.0. The van der Waals surface area contributed by atoms with Gasteiger partial charge < -0.3 is 5.32 Å². The molecule has 33 heavy (non-hydrogen) atoms. The number of benzene rings is 3. The van der Waals surface area contributed by atoms with Gasteiger partial charge in [0.15, 0.2) is 0 Å². The van der Waals surface area contributed by atoms with Crippen molar-refractivity contribution in [2.45, 2.75) is 31.4 Å². The number of nitrogens with zero attached hydrogens (tertiary/aromatic N) is 1. The second-order valence-electron chi connectivity index (χ2n) is 7.99. The van der Waals surface area contributed by atoms with Crippen molar-refractivity contribution in [2.75, 3.05) is 23.1 Å². The minimum atomic E-state index is -3.89. The Kier molecular flexibility index (Phi) is 8.58. The number of amides is 1. The Bertz CT molecular complexity index is 1190. The van der Waals surface area contributed by atoms with Crippen LogP contribution in [-0.4, -0.2) is 33.2 Å². The van der Waals surface area contributed by atoms with Crippen molar-refractivity contribution in [3.63, 3.8) is 0 Å². The minimum Gasteiger partial charge on any atom is -0.354 e. The van der Waals surface area contributed by atoms with Gasteiger partial charge in [0.05, 0.1) is 10.6 Å². The van der Waals surface area contributed by atoms with Gasteiger partial charge in [0, 0.05) is 18.1 Å². The number of carbonyl (C=O) groups excluding carboxylic acids is 1. The van der Waals surface area contributed by atoms with Crippen molar-refractivity contribution < 1.29 is 13.2 Å². The normalized spacial score (nSPS) is 11.2. The van der Waals surface area contributed by atoms with Crippen LogP contribution in [0.15, 0.2) is 77.7 Å². The van der Waals surface area contributed by atoms with Crippen LogP contribution in [0, 0.1) is 20.8 Å². The number of sulfonamides is 1. The van der Waals surface area contributed by atoms with Crippen LogP contribution in [0.25, 0.3) is 0 Å². The summed E-state index contributed by atoms with van der Waals surface area (Å²) in [6, 6.07) is 22.1. The molecule has 0 atom stereocenters. The average molecular weight is 483 g/mol. The van der Waals surface area contributed by atoms with Crippen molar-refractivity contribution in [1.82, 2.24) is 5.32 Å². The zero-order valence-electron chi connectivity index (χ0n) is 19.2. The SMILES string of the molecule is Cc1ccc(S(=O)(=O)N(CC(=O)NCCSCc2ccccc2C)c2cccc(C)c2)cc1. The smallest absolute Gasteiger partial charge is 0.264 e. The summed E-state index contributed by atoms with van der Waals surface area (Å²) >= 11 is 1.74. The van der Waals surface area contributed by atoms with Crippen LogP contribution in [0.1, 0.15) is 22.3 Å². The van der Waals surface area contributed by atoms with E-state index in [-0.39, 0.29) is 17.3 Å². The molecular weight excluding hydrogens is 452 g/mol. The summed E-state index contributed by atoms with van der Waals surface area (Å²) in [7, 11) is -3.89. The van der Waals surface area contributed by atoms with E-state index in [1.807, 2.05) is 32.0 Å². The number of anilines is 1. The fourth-order valence-electron chi connectivity index (χ4n) is 3.34. The molecule has 7 heteroatoms. The molecule has 0 radical (unpaired) electrons. The van der Waals surface area contributed by atoms with Gasteiger partial charge in [0.25, 0.3) is 10.0 Å². The summed E-state index contributed by atoms with van der Waals surface area (Å²) in [6.07, 6.45) is 0. The molecule has 5 nitrogen and oxygen atoms in total. The summed E-state index contributed by atoms with van der Waals surface area (Å²) in [5.74, 6) is 1.29. The number of aryl methyl sites for hydroxylation is 3. The molecule has 3 rings (SSSR count).